The van der Waals surface area contributed by atoms with Crippen molar-refractivity contribution in [3.05, 3.63) is 48.0 Å². The third kappa shape index (κ3) is 2.95. The number of hydrogen-bond acceptors (Lipinski definition) is 4. The minimum Gasteiger partial charge on any atom is -0.497 e. The standard InChI is InChI=1S/C17H19NO2S/c1-19-13-7-8-16(20-2)15(9-13)18-10-12-11-21-17-6-4-3-5-14(12)17/h3-9,12,18H,10-11H2,1-2H3. The second-order valence-electron chi connectivity index (χ2n) is 4.99. The molecule has 1 unspecified atom stereocenters. The largest absolute Gasteiger partial charge is 0.497 e. The van der Waals surface area contributed by atoms with Crippen LogP contribution < -0.4 is 14.8 Å². The van der Waals surface area contributed by atoms with Crippen LogP contribution in [-0.4, -0.2) is 26.5 Å². The molecule has 0 spiro atoms. The first-order valence-electron chi connectivity index (χ1n) is 6.99. The van der Waals surface area contributed by atoms with E-state index < -0.39 is 0 Å². The number of anilines is 1. The van der Waals surface area contributed by atoms with Crippen molar-refractivity contribution in [2.24, 2.45) is 0 Å². The van der Waals surface area contributed by atoms with Gasteiger partial charge < -0.3 is 14.8 Å². The molecule has 1 N–H and O–H groups in total. The van der Waals surface area contributed by atoms with Crippen LogP contribution in [0.5, 0.6) is 11.5 Å². The summed E-state index contributed by atoms with van der Waals surface area (Å²) in [6.45, 7) is 0.896. The molecule has 3 nitrogen and oxygen atoms in total. The third-order valence-electron chi connectivity index (χ3n) is 3.74. The van der Waals surface area contributed by atoms with Gasteiger partial charge in [-0.05, 0) is 23.8 Å². The van der Waals surface area contributed by atoms with Crippen LogP contribution in [0, 0.1) is 0 Å². The normalized spacial score (nSPS) is 16.4. The Morgan fingerprint density at radius 2 is 2.00 bits per heavy atom. The molecule has 0 amide bonds. The van der Waals surface area contributed by atoms with Gasteiger partial charge in [0, 0.05) is 29.2 Å². The van der Waals surface area contributed by atoms with E-state index in [4.69, 9.17) is 9.47 Å². The number of methoxy groups -OCH3 is 2. The van der Waals surface area contributed by atoms with Gasteiger partial charge in [-0.15, -0.1) is 11.8 Å². The maximum Gasteiger partial charge on any atom is 0.142 e. The lowest BCUT2D eigenvalue weighted by Gasteiger charge is -2.16. The van der Waals surface area contributed by atoms with Gasteiger partial charge in [0.15, 0.2) is 0 Å². The number of benzene rings is 2. The van der Waals surface area contributed by atoms with Crippen LogP contribution in [0.15, 0.2) is 47.4 Å². The van der Waals surface area contributed by atoms with Crippen molar-refractivity contribution in [1.29, 1.82) is 0 Å². The Morgan fingerprint density at radius 3 is 2.81 bits per heavy atom. The van der Waals surface area contributed by atoms with Crippen molar-refractivity contribution < 1.29 is 9.47 Å². The Labute approximate surface area is 129 Å². The lowest BCUT2D eigenvalue weighted by molar-refractivity contribution is 0.404. The Kier molecular flexibility index (Phi) is 4.25. The average molecular weight is 301 g/mol. The minimum absolute atomic E-state index is 0.530. The monoisotopic (exact) mass is 301 g/mol. The summed E-state index contributed by atoms with van der Waals surface area (Å²) in [5.74, 6) is 3.33. The molecule has 0 fully saturated rings. The molecule has 110 valence electrons. The fraction of sp³-hybridized carbons (Fsp3) is 0.294. The quantitative estimate of drug-likeness (QED) is 0.904. The van der Waals surface area contributed by atoms with E-state index in [2.05, 4.69) is 29.6 Å². The van der Waals surface area contributed by atoms with Crippen molar-refractivity contribution in [2.75, 3.05) is 31.8 Å². The molecule has 0 aliphatic carbocycles. The zero-order valence-electron chi connectivity index (χ0n) is 12.3. The molecule has 0 saturated heterocycles. The summed E-state index contributed by atoms with van der Waals surface area (Å²) in [5, 5.41) is 3.50. The van der Waals surface area contributed by atoms with E-state index in [1.165, 1.54) is 10.5 Å². The summed E-state index contributed by atoms with van der Waals surface area (Å²) >= 11 is 1.93. The van der Waals surface area contributed by atoms with Gasteiger partial charge in [-0.1, -0.05) is 18.2 Å². The zero-order valence-corrected chi connectivity index (χ0v) is 13.1. The lowest BCUT2D eigenvalue weighted by atomic mass is 10.0. The van der Waals surface area contributed by atoms with Gasteiger partial charge in [0.2, 0.25) is 0 Å². The molecule has 0 bridgehead atoms. The highest BCUT2D eigenvalue weighted by Crippen LogP contribution is 2.39. The Balaban J connectivity index is 1.74. The van der Waals surface area contributed by atoms with Gasteiger partial charge in [0.25, 0.3) is 0 Å². The van der Waals surface area contributed by atoms with Gasteiger partial charge >= 0.3 is 0 Å². The van der Waals surface area contributed by atoms with Gasteiger partial charge in [-0.25, -0.2) is 0 Å². The maximum atomic E-state index is 5.41. The topological polar surface area (TPSA) is 30.5 Å². The molecule has 0 radical (unpaired) electrons. The van der Waals surface area contributed by atoms with Crippen LogP contribution in [0.3, 0.4) is 0 Å². The smallest absolute Gasteiger partial charge is 0.142 e. The van der Waals surface area contributed by atoms with Crippen molar-refractivity contribution in [1.82, 2.24) is 0 Å². The molecule has 2 aromatic rings. The summed E-state index contributed by atoms with van der Waals surface area (Å²) in [6, 6.07) is 14.5. The van der Waals surface area contributed by atoms with E-state index in [1.54, 1.807) is 14.2 Å². The highest BCUT2D eigenvalue weighted by Gasteiger charge is 2.22. The van der Waals surface area contributed by atoms with E-state index in [0.29, 0.717) is 5.92 Å². The number of fused-ring (bicyclic) bond motifs is 1. The molecule has 4 heteroatoms. The molecule has 2 aromatic carbocycles. The number of nitrogens with one attached hydrogen (secondary N) is 1. The summed E-state index contributed by atoms with van der Waals surface area (Å²) in [4.78, 5) is 1.40. The van der Waals surface area contributed by atoms with Gasteiger partial charge in [-0.3, -0.25) is 0 Å². The SMILES string of the molecule is COc1ccc(OC)c(NCC2CSc3ccccc32)c1. The first-order chi connectivity index (χ1) is 10.3. The molecule has 1 atom stereocenters. The predicted molar refractivity (Wildman–Crippen MR) is 87.9 cm³/mol. The van der Waals surface area contributed by atoms with Crippen LogP contribution in [0.4, 0.5) is 5.69 Å². The highest BCUT2D eigenvalue weighted by atomic mass is 32.2. The van der Waals surface area contributed by atoms with Crippen LogP contribution in [0.1, 0.15) is 11.5 Å². The summed E-state index contributed by atoms with van der Waals surface area (Å²) in [7, 11) is 3.36. The van der Waals surface area contributed by atoms with E-state index in [1.807, 2.05) is 30.0 Å². The van der Waals surface area contributed by atoms with E-state index in [9.17, 15) is 0 Å². The first kappa shape index (κ1) is 14.1. The van der Waals surface area contributed by atoms with Gasteiger partial charge in [0.1, 0.15) is 11.5 Å². The van der Waals surface area contributed by atoms with Crippen LogP contribution in [0.25, 0.3) is 0 Å². The molecule has 1 aliphatic heterocycles. The fourth-order valence-electron chi connectivity index (χ4n) is 2.58. The summed E-state index contributed by atoms with van der Waals surface area (Å²) in [6.07, 6.45) is 0. The lowest BCUT2D eigenvalue weighted by Crippen LogP contribution is -2.12. The van der Waals surface area contributed by atoms with Crippen molar-refractivity contribution in [3.63, 3.8) is 0 Å². The molecule has 21 heavy (non-hydrogen) atoms. The van der Waals surface area contributed by atoms with Crippen molar-refractivity contribution in [3.8, 4) is 11.5 Å². The Hall–Kier alpha value is -1.81. The van der Waals surface area contributed by atoms with Crippen LogP contribution in [-0.2, 0) is 0 Å². The van der Waals surface area contributed by atoms with Gasteiger partial charge in [0.05, 0.1) is 19.9 Å². The molecular formula is C17H19NO2S. The number of rotatable bonds is 5. The first-order valence-corrected chi connectivity index (χ1v) is 7.98. The minimum atomic E-state index is 0.530. The van der Waals surface area contributed by atoms with Crippen LogP contribution >= 0.6 is 11.8 Å². The Bertz CT molecular complexity index is 630. The number of ether oxygens (including phenoxy) is 2. The maximum absolute atomic E-state index is 5.41. The predicted octanol–water partition coefficient (Wildman–Crippen LogP) is 4.01. The molecule has 1 aliphatic rings. The van der Waals surface area contributed by atoms with Crippen molar-refractivity contribution >= 4 is 17.4 Å². The summed E-state index contributed by atoms with van der Waals surface area (Å²) in [5.41, 5.74) is 2.42. The average Bonchev–Trinajstić information content (AvgIpc) is 2.96. The fourth-order valence-corrected chi connectivity index (χ4v) is 3.84. The van der Waals surface area contributed by atoms with Crippen molar-refractivity contribution in [2.45, 2.75) is 10.8 Å². The summed E-state index contributed by atoms with van der Waals surface area (Å²) < 4.78 is 10.7. The van der Waals surface area contributed by atoms with Gasteiger partial charge in [-0.2, -0.15) is 0 Å². The molecule has 0 aromatic heterocycles. The zero-order chi connectivity index (χ0) is 14.7. The second kappa shape index (κ2) is 6.31. The molecule has 0 saturated carbocycles. The van der Waals surface area contributed by atoms with E-state index >= 15 is 0 Å². The molecular weight excluding hydrogens is 282 g/mol. The third-order valence-corrected chi connectivity index (χ3v) is 5.00. The van der Waals surface area contributed by atoms with Crippen LogP contribution in [0.2, 0.25) is 0 Å². The highest BCUT2D eigenvalue weighted by molar-refractivity contribution is 7.99. The Morgan fingerprint density at radius 1 is 1.14 bits per heavy atom. The van der Waals surface area contributed by atoms with E-state index in [-0.39, 0.29) is 0 Å². The number of thioether (sulfide) groups is 1. The number of hydrogen-bond donors (Lipinski definition) is 1. The molecule has 3 rings (SSSR count). The molecule has 1 heterocycles. The second-order valence-corrected chi connectivity index (χ2v) is 6.05. The van der Waals surface area contributed by atoms with E-state index in [0.717, 1.165) is 29.5 Å².